The normalized spacial score (nSPS) is 15.7. The summed E-state index contributed by atoms with van der Waals surface area (Å²) in [5.41, 5.74) is 1.25. The largest absolute Gasteiger partial charge is 0.507 e. The topological polar surface area (TPSA) is 53.7 Å². The number of aromatic hydroxyl groups is 1. The number of hydrogen-bond donors (Lipinski definition) is 1. The van der Waals surface area contributed by atoms with Crippen LogP contribution in [0, 0.1) is 0 Å². The first kappa shape index (κ1) is 16.8. The van der Waals surface area contributed by atoms with E-state index >= 15 is 0 Å². The summed E-state index contributed by atoms with van der Waals surface area (Å²) >= 11 is 0. The van der Waals surface area contributed by atoms with Crippen LogP contribution in [-0.4, -0.2) is 23.1 Å². The van der Waals surface area contributed by atoms with Gasteiger partial charge in [0, 0.05) is 19.0 Å². The zero-order valence-corrected chi connectivity index (χ0v) is 13.6. The van der Waals surface area contributed by atoms with Crippen molar-refractivity contribution in [2.24, 2.45) is 0 Å². The molecule has 0 unspecified atom stereocenters. The summed E-state index contributed by atoms with van der Waals surface area (Å²) in [4.78, 5) is 14.5. The highest BCUT2D eigenvalue weighted by Crippen LogP contribution is 2.28. The van der Waals surface area contributed by atoms with E-state index in [1.807, 2.05) is 6.92 Å². The molecule has 0 spiro atoms. The van der Waals surface area contributed by atoms with Crippen molar-refractivity contribution in [1.82, 2.24) is 4.90 Å². The molecule has 0 aliphatic carbocycles. The third-order valence-electron chi connectivity index (χ3n) is 4.21. The van der Waals surface area contributed by atoms with E-state index in [9.17, 15) is 9.90 Å². The van der Waals surface area contributed by atoms with E-state index in [1.165, 1.54) is 19.3 Å². The minimum absolute atomic E-state index is 0. The Morgan fingerprint density at radius 3 is 2.64 bits per heavy atom. The molecule has 0 radical (unpaired) electrons. The second kappa shape index (κ2) is 7.16. The van der Waals surface area contributed by atoms with E-state index < -0.39 is 0 Å². The second-order valence-electron chi connectivity index (χ2n) is 5.71. The van der Waals surface area contributed by atoms with Crippen LogP contribution in [0.2, 0.25) is 0 Å². The molecule has 5 heteroatoms. The first-order chi connectivity index (χ1) is 10.2. The van der Waals surface area contributed by atoms with Crippen LogP contribution in [0.1, 0.15) is 37.5 Å². The molecule has 1 aromatic heterocycles. The Bertz CT molecular complexity index is 705. The van der Waals surface area contributed by atoms with Gasteiger partial charge in [-0.2, -0.15) is 0 Å². The van der Waals surface area contributed by atoms with Gasteiger partial charge in [-0.15, -0.1) is 12.4 Å². The average Bonchev–Trinajstić information content (AvgIpc) is 2.51. The number of phenols is 1. The lowest BCUT2D eigenvalue weighted by atomic mass is 10.1. The van der Waals surface area contributed by atoms with Crippen molar-refractivity contribution in [3.8, 4) is 5.75 Å². The van der Waals surface area contributed by atoms with Crippen LogP contribution in [0.25, 0.3) is 11.0 Å². The Morgan fingerprint density at radius 2 is 1.95 bits per heavy atom. The first-order valence-electron chi connectivity index (χ1n) is 7.69. The molecule has 1 fully saturated rings. The van der Waals surface area contributed by atoms with Crippen LogP contribution >= 0.6 is 12.4 Å². The average molecular weight is 324 g/mol. The van der Waals surface area contributed by atoms with Crippen molar-refractivity contribution in [2.45, 2.75) is 39.2 Å². The van der Waals surface area contributed by atoms with Crippen molar-refractivity contribution in [3.05, 3.63) is 39.7 Å². The number of halogens is 1. The first-order valence-corrected chi connectivity index (χ1v) is 7.69. The van der Waals surface area contributed by atoms with Gasteiger partial charge in [-0.1, -0.05) is 13.3 Å². The Balaban J connectivity index is 0.00000176. The number of piperidine rings is 1. The van der Waals surface area contributed by atoms with Crippen molar-refractivity contribution in [3.63, 3.8) is 0 Å². The summed E-state index contributed by atoms with van der Waals surface area (Å²) in [5, 5.41) is 10.8. The number of likely N-dealkylation sites (tertiary alicyclic amines) is 1. The monoisotopic (exact) mass is 323 g/mol. The Labute approximate surface area is 136 Å². The summed E-state index contributed by atoms with van der Waals surface area (Å²) in [6.07, 6.45) is 4.32. The molecule has 0 atom stereocenters. The molecule has 0 amide bonds. The van der Waals surface area contributed by atoms with Crippen LogP contribution in [0.4, 0.5) is 0 Å². The minimum atomic E-state index is -0.0343. The predicted octanol–water partition coefficient (Wildman–Crippen LogP) is 3.47. The van der Waals surface area contributed by atoms with Crippen molar-refractivity contribution < 1.29 is 9.52 Å². The predicted molar refractivity (Wildman–Crippen MR) is 89.9 cm³/mol. The zero-order chi connectivity index (χ0) is 14.8. The lowest BCUT2D eigenvalue weighted by Crippen LogP contribution is -2.29. The van der Waals surface area contributed by atoms with Gasteiger partial charge in [0.15, 0.2) is 5.43 Å². The van der Waals surface area contributed by atoms with Gasteiger partial charge in [0.05, 0.1) is 10.9 Å². The quantitative estimate of drug-likeness (QED) is 0.939. The van der Waals surface area contributed by atoms with E-state index in [0.29, 0.717) is 29.7 Å². The molecule has 0 saturated carbocycles. The number of benzene rings is 1. The molecule has 22 heavy (non-hydrogen) atoms. The molecular formula is C17H22ClNO3. The van der Waals surface area contributed by atoms with E-state index in [1.54, 1.807) is 18.2 Å². The van der Waals surface area contributed by atoms with E-state index in [4.69, 9.17) is 4.42 Å². The highest BCUT2D eigenvalue weighted by Gasteiger charge is 2.17. The third-order valence-corrected chi connectivity index (χ3v) is 4.21. The maximum Gasteiger partial charge on any atom is 0.192 e. The lowest BCUT2D eigenvalue weighted by molar-refractivity contribution is 0.218. The van der Waals surface area contributed by atoms with Crippen molar-refractivity contribution in [1.29, 1.82) is 0 Å². The Morgan fingerprint density at radius 1 is 1.23 bits per heavy atom. The van der Waals surface area contributed by atoms with Gasteiger partial charge in [-0.3, -0.25) is 9.69 Å². The molecule has 120 valence electrons. The minimum Gasteiger partial charge on any atom is -0.507 e. The van der Waals surface area contributed by atoms with Gasteiger partial charge >= 0.3 is 0 Å². The fraction of sp³-hybridized carbons (Fsp3) is 0.471. The highest BCUT2D eigenvalue weighted by atomic mass is 35.5. The van der Waals surface area contributed by atoms with E-state index in [2.05, 4.69) is 4.90 Å². The van der Waals surface area contributed by atoms with Crippen LogP contribution in [0.3, 0.4) is 0 Å². The third kappa shape index (κ3) is 3.28. The molecule has 1 aliphatic rings. The SMILES string of the molecule is CCc1cc(=O)c2ccc(O)c(CN3CCCCC3)c2o1.Cl. The molecule has 0 bridgehead atoms. The molecule has 3 rings (SSSR count). The molecule has 1 aromatic carbocycles. The second-order valence-corrected chi connectivity index (χ2v) is 5.71. The standard InChI is InChI=1S/C17H21NO3.ClH/c1-2-12-10-16(20)13-6-7-15(19)14(17(13)21-12)11-18-8-4-3-5-9-18;/h6-7,10,19H,2-5,8-9,11H2,1H3;1H. The zero-order valence-electron chi connectivity index (χ0n) is 12.8. The molecule has 2 aromatic rings. The van der Waals surface area contributed by atoms with Gasteiger partial charge in [0.25, 0.3) is 0 Å². The summed E-state index contributed by atoms with van der Waals surface area (Å²) in [6, 6.07) is 4.80. The summed E-state index contributed by atoms with van der Waals surface area (Å²) in [7, 11) is 0. The van der Waals surface area contributed by atoms with Crippen molar-refractivity contribution >= 4 is 23.4 Å². The number of rotatable bonds is 3. The molecule has 4 nitrogen and oxygen atoms in total. The molecular weight excluding hydrogens is 302 g/mol. The molecule has 2 heterocycles. The van der Waals surface area contributed by atoms with Gasteiger partial charge < -0.3 is 9.52 Å². The lowest BCUT2D eigenvalue weighted by Gasteiger charge is -2.26. The summed E-state index contributed by atoms with van der Waals surface area (Å²) in [6.45, 7) is 4.66. The van der Waals surface area contributed by atoms with E-state index in [0.717, 1.165) is 18.7 Å². The van der Waals surface area contributed by atoms with Gasteiger partial charge in [-0.25, -0.2) is 0 Å². The van der Waals surface area contributed by atoms with Gasteiger partial charge in [0.2, 0.25) is 0 Å². The number of fused-ring (bicyclic) bond motifs is 1. The maximum absolute atomic E-state index is 12.2. The van der Waals surface area contributed by atoms with Crippen LogP contribution in [0.15, 0.2) is 27.4 Å². The molecule has 1 saturated heterocycles. The fourth-order valence-electron chi connectivity index (χ4n) is 2.98. The van der Waals surface area contributed by atoms with Crippen LogP contribution in [0.5, 0.6) is 5.75 Å². The van der Waals surface area contributed by atoms with Crippen LogP contribution in [-0.2, 0) is 13.0 Å². The molecule has 1 aliphatic heterocycles. The number of hydrogen-bond acceptors (Lipinski definition) is 4. The van der Waals surface area contributed by atoms with Crippen LogP contribution < -0.4 is 5.43 Å². The van der Waals surface area contributed by atoms with Gasteiger partial charge in [0.1, 0.15) is 17.1 Å². The summed E-state index contributed by atoms with van der Waals surface area (Å²) < 4.78 is 5.86. The molecule has 1 N–H and O–H groups in total. The Kier molecular flexibility index (Phi) is 5.48. The smallest absolute Gasteiger partial charge is 0.192 e. The maximum atomic E-state index is 12.2. The number of aryl methyl sites for hydroxylation is 1. The highest BCUT2D eigenvalue weighted by molar-refractivity contribution is 5.85. The Hall–Kier alpha value is -1.52. The summed E-state index contributed by atoms with van der Waals surface area (Å²) in [5.74, 6) is 0.877. The number of nitrogens with zero attached hydrogens (tertiary/aromatic N) is 1. The van der Waals surface area contributed by atoms with E-state index in [-0.39, 0.29) is 23.6 Å². The van der Waals surface area contributed by atoms with Gasteiger partial charge in [-0.05, 0) is 38.1 Å². The van der Waals surface area contributed by atoms with Crippen molar-refractivity contribution in [2.75, 3.05) is 13.1 Å². The fourth-order valence-corrected chi connectivity index (χ4v) is 2.98. The number of phenolic OH excluding ortho intramolecular Hbond substituents is 1.